The summed E-state index contributed by atoms with van der Waals surface area (Å²) in [5.74, 6) is 1.28. The lowest BCUT2D eigenvalue weighted by Crippen LogP contribution is -2.61. The molecule has 4 rings (SSSR count). The Bertz CT molecular complexity index is 573. The van der Waals surface area contributed by atoms with E-state index in [0.717, 1.165) is 31.6 Å². The number of nitrogens with one attached hydrogen (secondary N) is 2. The molecule has 3 atom stereocenters. The second-order valence-electron chi connectivity index (χ2n) is 8.41. The third kappa shape index (κ3) is 3.16. The van der Waals surface area contributed by atoms with Gasteiger partial charge in [-0.1, -0.05) is 13.3 Å². The first kappa shape index (κ1) is 17.6. The molecule has 0 radical (unpaired) electrons. The molecule has 0 spiro atoms. The second-order valence-corrected chi connectivity index (χ2v) is 8.41. The molecule has 7 nitrogen and oxygen atoms in total. The molecule has 7 heteroatoms. The number of hydrogen-bond acceptors (Lipinski definition) is 3. The fourth-order valence-corrected chi connectivity index (χ4v) is 5.30. The molecular weight excluding hydrogens is 332 g/mol. The summed E-state index contributed by atoms with van der Waals surface area (Å²) in [5, 5.41) is 5.35. The molecule has 0 unspecified atom stereocenters. The SMILES string of the molecule is CCC1CCC(C(=O)N2C[C@H]3CC[C@@H](C2)N3C(=O)[C@H]2CNC(=O)N2)CC1. The first-order valence-electron chi connectivity index (χ1n) is 10.2. The van der Waals surface area contributed by atoms with Gasteiger partial charge in [-0.3, -0.25) is 9.59 Å². The molecule has 0 aromatic carbocycles. The Kier molecular flexibility index (Phi) is 4.80. The predicted molar refractivity (Wildman–Crippen MR) is 96.3 cm³/mol. The van der Waals surface area contributed by atoms with E-state index in [9.17, 15) is 14.4 Å². The summed E-state index contributed by atoms with van der Waals surface area (Å²) in [5.41, 5.74) is 0. The first-order chi connectivity index (χ1) is 12.6. The van der Waals surface area contributed by atoms with Crippen LogP contribution in [0.5, 0.6) is 0 Å². The normalized spacial score (nSPS) is 36.7. The number of hydrogen-bond donors (Lipinski definition) is 2. The molecule has 0 aromatic heterocycles. The average molecular weight is 362 g/mol. The van der Waals surface area contributed by atoms with Gasteiger partial charge in [-0.25, -0.2) is 4.79 Å². The van der Waals surface area contributed by atoms with Crippen LogP contribution in [0.4, 0.5) is 4.79 Å². The number of likely N-dealkylation sites (tertiary alicyclic amines) is 1. The summed E-state index contributed by atoms with van der Waals surface area (Å²) in [7, 11) is 0. The molecule has 3 aliphatic heterocycles. The second kappa shape index (κ2) is 7.08. The Morgan fingerprint density at radius 3 is 2.19 bits per heavy atom. The molecule has 2 N–H and O–H groups in total. The number of carbonyl (C=O) groups is 3. The number of piperazine rings is 1. The summed E-state index contributed by atoms with van der Waals surface area (Å²) in [4.78, 5) is 41.1. The van der Waals surface area contributed by atoms with Crippen LogP contribution in [-0.2, 0) is 9.59 Å². The third-order valence-electron chi connectivity index (χ3n) is 6.89. The quantitative estimate of drug-likeness (QED) is 0.788. The van der Waals surface area contributed by atoms with Gasteiger partial charge in [0.05, 0.1) is 0 Å². The first-order valence-corrected chi connectivity index (χ1v) is 10.2. The minimum atomic E-state index is -0.461. The van der Waals surface area contributed by atoms with Crippen molar-refractivity contribution < 1.29 is 14.4 Å². The van der Waals surface area contributed by atoms with E-state index < -0.39 is 6.04 Å². The number of amides is 4. The van der Waals surface area contributed by atoms with Crippen molar-refractivity contribution in [3.05, 3.63) is 0 Å². The molecular formula is C19H30N4O3. The predicted octanol–water partition coefficient (Wildman–Crippen LogP) is 1.09. The van der Waals surface area contributed by atoms with Gasteiger partial charge >= 0.3 is 6.03 Å². The van der Waals surface area contributed by atoms with Crippen molar-refractivity contribution in [2.45, 2.75) is 70.0 Å². The van der Waals surface area contributed by atoms with E-state index in [4.69, 9.17) is 0 Å². The lowest BCUT2D eigenvalue weighted by atomic mass is 9.80. The summed E-state index contributed by atoms with van der Waals surface area (Å²) >= 11 is 0. The van der Waals surface area contributed by atoms with Gasteiger partial charge < -0.3 is 20.4 Å². The molecule has 3 heterocycles. The Morgan fingerprint density at radius 1 is 1.00 bits per heavy atom. The van der Waals surface area contributed by atoms with Crippen LogP contribution in [0, 0.1) is 11.8 Å². The number of nitrogens with zero attached hydrogens (tertiary/aromatic N) is 2. The highest BCUT2D eigenvalue weighted by molar-refractivity contribution is 5.91. The van der Waals surface area contributed by atoms with E-state index >= 15 is 0 Å². The minimum absolute atomic E-state index is 0.00593. The van der Waals surface area contributed by atoms with E-state index in [1.165, 1.54) is 19.3 Å². The molecule has 0 aromatic rings. The number of fused-ring (bicyclic) bond motifs is 2. The largest absolute Gasteiger partial charge is 0.338 e. The van der Waals surface area contributed by atoms with Crippen molar-refractivity contribution in [1.82, 2.24) is 20.4 Å². The minimum Gasteiger partial charge on any atom is -0.338 e. The number of rotatable bonds is 3. The molecule has 4 amide bonds. The number of urea groups is 1. The van der Waals surface area contributed by atoms with Gasteiger partial charge in [0.1, 0.15) is 6.04 Å². The summed E-state index contributed by atoms with van der Waals surface area (Å²) in [6.07, 6.45) is 7.52. The molecule has 3 saturated heterocycles. The maximum atomic E-state index is 13.0. The maximum absolute atomic E-state index is 13.0. The van der Waals surface area contributed by atoms with Gasteiger partial charge in [-0.2, -0.15) is 0 Å². The standard InChI is InChI=1S/C19H30N4O3/c1-2-12-3-5-13(6-4-12)17(24)22-10-14-7-8-15(11-22)23(14)18(25)16-9-20-19(26)21-16/h12-16H,2-11H2,1H3,(H2,20,21,26)/t12?,13?,14-,15+,16-/m1/s1. The zero-order chi connectivity index (χ0) is 18.3. The van der Waals surface area contributed by atoms with Crippen LogP contribution in [0.1, 0.15) is 51.9 Å². The van der Waals surface area contributed by atoms with Gasteiger partial charge in [-0.05, 0) is 44.4 Å². The van der Waals surface area contributed by atoms with Crippen LogP contribution >= 0.6 is 0 Å². The lowest BCUT2D eigenvalue weighted by Gasteiger charge is -2.43. The van der Waals surface area contributed by atoms with Gasteiger partial charge in [0.15, 0.2) is 0 Å². The van der Waals surface area contributed by atoms with Crippen molar-refractivity contribution in [3.8, 4) is 0 Å². The molecule has 26 heavy (non-hydrogen) atoms. The van der Waals surface area contributed by atoms with Gasteiger partial charge in [-0.15, -0.1) is 0 Å². The Labute approximate surface area is 154 Å². The van der Waals surface area contributed by atoms with Crippen LogP contribution in [-0.4, -0.2) is 65.4 Å². The average Bonchev–Trinajstić information content (AvgIpc) is 3.21. The van der Waals surface area contributed by atoms with Crippen molar-refractivity contribution in [1.29, 1.82) is 0 Å². The van der Waals surface area contributed by atoms with E-state index in [1.807, 2.05) is 9.80 Å². The van der Waals surface area contributed by atoms with Crippen molar-refractivity contribution >= 4 is 17.8 Å². The van der Waals surface area contributed by atoms with E-state index in [1.54, 1.807) is 0 Å². The monoisotopic (exact) mass is 362 g/mol. The molecule has 2 bridgehead atoms. The highest BCUT2D eigenvalue weighted by atomic mass is 16.2. The molecule has 144 valence electrons. The van der Waals surface area contributed by atoms with E-state index in [-0.39, 0.29) is 29.9 Å². The third-order valence-corrected chi connectivity index (χ3v) is 6.89. The molecule has 1 aliphatic carbocycles. The molecule has 1 saturated carbocycles. The van der Waals surface area contributed by atoms with Crippen molar-refractivity contribution in [2.75, 3.05) is 19.6 Å². The van der Waals surface area contributed by atoms with Crippen LogP contribution in [0.3, 0.4) is 0 Å². The van der Waals surface area contributed by atoms with Crippen molar-refractivity contribution in [3.63, 3.8) is 0 Å². The topological polar surface area (TPSA) is 81.8 Å². The smallest absolute Gasteiger partial charge is 0.315 e. The highest BCUT2D eigenvalue weighted by Gasteiger charge is 2.47. The Balaban J connectivity index is 1.36. The van der Waals surface area contributed by atoms with E-state index in [2.05, 4.69) is 17.6 Å². The Morgan fingerprint density at radius 2 is 1.65 bits per heavy atom. The summed E-state index contributed by atoms with van der Waals surface area (Å²) in [6.45, 7) is 3.91. The fourth-order valence-electron chi connectivity index (χ4n) is 5.30. The van der Waals surface area contributed by atoms with Gasteiger partial charge in [0, 0.05) is 37.6 Å². The fraction of sp³-hybridized carbons (Fsp3) is 0.842. The summed E-state index contributed by atoms with van der Waals surface area (Å²) in [6, 6.07) is -0.520. The van der Waals surface area contributed by atoms with Crippen LogP contribution in [0.2, 0.25) is 0 Å². The van der Waals surface area contributed by atoms with Gasteiger partial charge in [0.2, 0.25) is 11.8 Å². The van der Waals surface area contributed by atoms with Gasteiger partial charge in [0.25, 0.3) is 0 Å². The maximum Gasteiger partial charge on any atom is 0.315 e. The number of carbonyl (C=O) groups excluding carboxylic acids is 3. The van der Waals surface area contributed by atoms with Crippen LogP contribution in [0.25, 0.3) is 0 Å². The zero-order valence-corrected chi connectivity index (χ0v) is 15.6. The lowest BCUT2D eigenvalue weighted by molar-refractivity contribution is -0.147. The highest BCUT2D eigenvalue weighted by Crippen LogP contribution is 2.35. The molecule has 4 aliphatic rings. The van der Waals surface area contributed by atoms with E-state index in [0.29, 0.717) is 25.5 Å². The summed E-state index contributed by atoms with van der Waals surface area (Å²) < 4.78 is 0. The zero-order valence-electron chi connectivity index (χ0n) is 15.6. The molecule has 4 fully saturated rings. The van der Waals surface area contributed by atoms with Crippen LogP contribution < -0.4 is 10.6 Å². The van der Waals surface area contributed by atoms with Crippen molar-refractivity contribution in [2.24, 2.45) is 11.8 Å². The van der Waals surface area contributed by atoms with Crippen LogP contribution in [0.15, 0.2) is 0 Å². The Hall–Kier alpha value is -1.79.